The third kappa shape index (κ3) is 1.63. The van der Waals surface area contributed by atoms with E-state index in [0.717, 1.165) is 36.5 Å². The van der Waals surface area contributed by atoms with Crippen molar-refractivity contribution in [3.63, 3.8) is 0 Å². The molecule has 3 heteroatoms. The van der Waals surface area contributed by atoms with Crippen molar-refractivity contribution < 1.29 is 4.79 Å². The van der Waals surface area contributed by atoms with Gasteiger partial charge in [0.25, 0.3) is 0 Å². The summed E-state index contributed by atoms with van der Waals surface area (Å²) in [6.45, 7) is 0. The van der Waals surface area contributed by atoms with Crippen molar-refractivity contribution in [1.29, 1.82) is 0 Å². The Bertz CT molecular complexity index is 359. The number of fused-ring (bicyclic) bond motifs is 5. The van der Waals surface area contributed by atoms with Gasteiger partial charge in [0.2, 0.25) is 5.91 Å². The van der Waals surface area contributed by atoms with Crippen molar-refractivity contribution in [1.82, 2.24) is 5.32 Å². The lowest BCUT2D eigenvalue weighted by atomic mass is 9.94. The lowest BCUT2D eigenvalue weighted by Crippen LogP contribution is -2.43. The van der Waals surface area contributed by atoms with Crippen LogP contribution in [-0.4, -0.2) is 17.5 Å². The van der Waals surface area contributed by atoms with E-state index in [0.29, 0.717) is 12.5 Å². The van der Waals surface area contributed by atoms with Gasteiger partial charge in [0.1, 0.15) is 0 Å². The van der Waals surface area contributed by atoms with Gasteiger partial charge in [0, 0.05) is 18.0 Å². The molecule has 18 heavy (non-hydrogen) atoms. The van der Waals surface area contributed by atoms with E-state index < -0.39 is 0 Å². The monoisotopic (exact) mass is 248 g/mol. The Morgan fingerprint density at radius 3 is 2.39 bits per heavy atom. The van der Waals surface area contributed by atoms with E-state index in [2.05, 4.69) is 5.32 Å². The van der Waals surface area contributed by atoms with E-state index in [-0.39, 0.29) is 11.4 Å². The third-order valence-electron chi connectivity index (χ3n) is 6.17. The molecule has 0 spiro atoms. The number of hydrogen-bond donors (Lipinski definition) is 2. The van der Waals surface area contributed by atoms with Crippen molar-refractivity contribution in [3.05, 3.63) is 0 Å². The van der Waals surface area contributed by atoms with Crippen LogP contribution >= 0.6 is 0 Å². The zero-order valence-corrected chi connectivity index (χ0v) is 11.0. The van der Waals surface area contributed by atoms with Crippen LogP contribution in [0, 0.1) is 23.7 Å². The largest absolute Gasteiger partial charge is 0.353 e. The molecule has 0 aromatic rings. The van der Waals surface area contributed by atoms with Crippen LogP contribution in [0.4, 0.5) is 0 Å². The molecule has 2 bridgehead atoms. The minimum absolute atomic E-state index is 0.187. The minimum Gasteiger partial charge on any atom is -0.353 e. The van der Waals surface area contributed by atoms with Crippen LogP contribution < -0.4 is 11.1 Å². The van der Waals surface area contributed by atoms with Gasteiger partial charge >= 0.3 is 0 Å². The molecule has 4 rings (SSSR count). The molecule has 3 nitrogen and oxygen atoms in total. The summed E-state index contributed by atoms with van der Waals surface area (Å²) in [4.78, 5) is 12.1. The molecule has 4 aliphatic carbocycles. The Morgan fingerprint density at radius 1 is 1.17 bits per heavy atom. The van der Waals surface area contributed by atoms with E-state index in [9.17, 15) is 4.79 Å². The van der Waals surface area contributed by atoms with Crippen molar-refractivity contribution in [3.8, 4) is 0 Å². The molecule has 4 aliphatic rings. The second-order valence-electron chi connectivity index (χ2n) is 7.33. The van der Waals surface area contributed by atoms with Gasteiger partial charge in [-0.2, -0.15) is 0 Å². The molecule has 4 atom stereocenters. The van der Waals surface area contributed by atoms with E-state index >= 15 is 0 Å². The molecule has 0 radical (unpaired) electrons. The Hall–Kier alpha value is -0.570. The van der Waals surface area contributed by atoms with Crippen LogP contribution in [0.15, 0.2) is 0 Å². The third-order valence-corrected chi connectivity index (χ3v) is 6.17. The lowest BCUT2D eigenvalue weighted by Gasteiger charge is -2.23. The number of nitrogens with two attached hydrogens (primary N) is 1. The van der Waals surface area contributed by atoms with Gasteiger partial charge in [-0.1, -0.05) is 12.8 Å². The van der Waals surface area contributed by atoms with Crippen LogP contribution in [-0.2, 0) is 4.79 Å². The highest BCUT2D eigenvalue weighted by molar-refractivity contribution is 5.78. The quantitative estimate of drug-likeness (QED) is 0.800. The summed E-state index contributed by atoms with van der Waals surface area (Å²) in [5.41, 5.74) is 6.09. The summed E-state index contributed by atoms with van der Waals surface area (Å²) in [5.74, 6) is 3.76. The summed E-state index contributed by atoms with van der Waals surface area (Å²) in [7, 11) is 0. The average molecular weight is 248 g/mol. The molecular formula is C15H24N2O. The highest BCUT2D eigenvalue weighted by atomic mass is 16.1. The van der Waals surface area contributed by atoms with Gasteiger partial charge in [-0.15, -0.1) is 0 Å². The van der Waals surface area contributed by atoms with Crippen LogP contribution in [0.25, 0.3) is 0 Å². The van der Waals surface area contributed by atoms with Crippen molar-refractivity contribution in [2.24, 2.45) is 29.4 Å². The Labute approximate surface area is 109 Å². The number of hydrogen-bond acceptors (Lipinski definition) is 2. The number of carbonyl (C=O) groups excluding carboxylic acids is 1. The molecule has 1 amide bonds. The maximum atomic E-state index is 12.1. The molecule has 3 N–H and O–H groups in total. The van der Waals surface area contributed by atoms with Gasteiger partial charge in [-0.3, -0.25) is 4.79 Å². The summed E-state index contributed by atoms with van der Waals surface area (Å²) < 4.78 is 0. The molecule has 0 aromatic carbocycles. The Morgan fingerprint density at radius 2 is 1.78 bits per heavy atom. The van der Waals surface area contributed by atoms with Gasteiger partial charge in [0.15, 0.2) is 0 Å². The molecule has 4 fully saturated rings. The predicted octanol–water partition coefficient (Wildman–Crippen LogP) is 1.81. The number of rotatable bonds is 3. The minimum atomic E-state index is -0.187. The average Bonchev–Trinajstić information content (AvgIpc) is 2.76. The summed E-state index contributed by atoms with van der Waals surface area (Å²) in [5, 5.41) is 3.29. The molecule has 4 unspecified atom stereocenters. The molecular weight excluding hydrogens is 224 g/mol. The standard InChI is InChI=1S/C15H24N2O/c16-15(5-1-2-6-15)8-11(18)17-14-12-9-3-4-10(7-9)13(12)14/h9-10,12-14H,1-8,16H2,(H,17,18). The molecule has 0 aromatic heterocycles. The van der Waals surface area contributed by atoms with E-state index in [4.69, 9.17) is 5.73 Å². The Kier molecular flexibility index (Phi) is 2.33. The maximum absolute atomic E-state index is 12.1. The number of nitrogens with one attached hydrogen (secondary N) is 1. The molecule has 4 saturated carbocycles. The fraction of sp³-hybridized carbons (Fsp3) is 0.933. The predicted molar refractivity (Wildman–Crippen MR) is 69.7 cm³/mol. The summed E-state index contributed by atoms with van der Waals surface area (Å²) >= 11 is 0. The highest BCUT2D eigenvalue weighted by Crippen LogP contribution is 2.65. The fourth-order valence-corrected chi connectivity index (χ4v) is 5.33. The van der Waals surface area contributed by atoms with Gasteiger partial charge < -0.3 is 11.1 Å². The topological polar surface area (TPSA) is 55.1 Å². The smallest absolute Gasteiger partial charge is 0.222 e. The fourth-order valence-electron chi connectivity index (χ4n) is 5.33. The lowest BCUT2D eigenvalue weighted by molar-refractivity contribution is -0.122. The van der Waals surface area contributed by atoms with Gasteiger partial charge in [-0.05, 0) is 55.8 Å². The normalized spacial score (nSPS) is 47.1. The van der Waals surface area contributed by atoms with Gasteiger partial charge in [-0.25, -0.2) is 0 Å². The first-order chi connectivity index (χ1) is 8.66. The van der Waals surface area contributed by atoms with E-state index in [1.54, 1.807) is 0 Å². The summed E-state index contributed by atoms with van der Waals surface area (Å²) in [6.07, 6.45) is 9.29. The molecule has 0 aliphatic heterocycles. The van der Waals surface area contributed by atoms with Crippen LogP contribution in [0.5, 0.6) is 0 Å². The molecule has 0 heterocycles. The second kappa shape index (κ2) is 3.72. The van der Waals surface area contributed by atoms with Crippen LogP contribution in [0.3, 0.4) is 0 Å². The molecule has 100 valence electrons. The van der Waals surface area contributed by atoms with Crippen molar-refractivity contribution in [2.75, 3.05) is 0 Å². The van der Waals surface area contributed by atoms with Crippen LogP contribution in [0.2, 0.25) is 0 Å². The SMILES string of the molecule is NC1(CC(=O)NC2C3C4CCC(C4)C23)CCCC1. The molecule has 0 saturated heterocycles. The van der Waals surface area contributed by atoms with Crippen molar-refractivity contribution >= 4 is 5.91 Å². The summed E-state index contributed by atoms with van der Waals surface area (Å²) in [6, 6.07) is 0.522. The van der Waals surface area contributed by atoms with E-state index in [1.807, 2.05) is 0 Å². The maximum Gasteiger partial charge on any atom is 0.222 e. The zero-order valence-electron chi connectivity index (χ0n) is 11.0. The zero-order chi connectivity index (χ0) is 12.3. The van der Waals surface area contributed by atoms with Gasteiger partial charge in [0.05, 0.1) is 0 Å². The van der Waals surface area contributed by atoms with Crippen LogP contribution in [0.1, 0.15) is 51.4 Å². The second-order valence-corrected chi connectivity index (χ2v) is 7.33. The van der Waals surface area contributed by atoms with E-state index in [1.165, 1.54) is 32.1 Å². The first-order valence-electron chi connectivity index (χ1n) is 7.75. The van der Waals surface area contributed by atoms with Crippen molar-refractivity contribution in [2.45, 2.75) is 62.9 Å². The number of carbonyl (C=O) groups is 1. The Balaban J connectivity index is 1.32. The first kappa shape index (κ1) is 11.3. The first-order valence-corrected chi connectivity index (χ1v) is 7.75. The highest BCUT2D eigenvalue weighted by Gasteiger charge is 2.65. The number of amides is 1.